The molecule has 0 saturated heterocycles. The number of hydrogen-bond acceptors (Lipinski definition) is 3. The van der Waals surface area contributed by atoms with Crippen LogP contribution in [-0.2, 0) is 19.6 Å². The molecule has 2 aromatic carbocycles. The van der Waals surface area contributed by atoms with E-state index in [9.17, 15) is 4.79 Å². The molecule has 0 unspecified atom stereocenters. The third kappa shape index (κ3) is 4.79. The monoisotopic (exact) mass is 299 g/mol. The summed E-state index contributed by atoms with van der Waals surface area (Å²) in [6.45, 7) is 1.42. The van der Waals surface area contributed by atoms with Crippen LogP contribution in [0.1, 0.15) is 16.7 Å². The zero-order valence-electron chi connectivity index (χ0n) is 12.6. The van der Waals surface area contributed by atoms with E-state index in [-0.39, 0.29) is 6.03 Å². The second-order valence-electron chi connectivity index (χ2n) is 4.91. The third-order valence-electron chi connectivity index (χ3n) is 3.27. The Bertz CT molecular complexity index is 575. The first-order valence-corrected chi connectivity index (χ1v) is 7.14. The molecule has 5 nitrogen and oxygen atoms in total. The highest BCUT2D eigenvalue weighted by atomic mass is 16.5. The van der Waals surface area contributed by atoms with Gasteiger partial charge in [-0.25, -0.2) is 4.79 Å². The van der Waals surface area contributed by atoms with Crippen molar-refractivity contribution in [1.82, 2.24) is 10.6 Å². The van der Waals surface area contributed by atoms with Gasteiger partial charge >= 0.3 is 6.03 Å². The van der Waals surface area contributed by atoms with Gasteiger partial charge in [0.1, 0.15) is 5.75 Å². The predicted octanol–water partition coefficient (Wildman–Crippen LogP) is 2.15. The Labute approximate surface area is 130 Å². The van der Waals surface area contributed by atoms with Gasteiger partial charge in [0.05, 0.1) is 7.11 Å². The van der Waals surface area contributed by atoms with E-state index in [1.807, 2.05) is 48.5 Å². The Balaban J connectivity index is 1.80. The molecule has 0 bridgehead atoms. The molecule has 0 atom stereocenters. The third-order valence-corrected chi connectivity index (χ3v) is 3.27. The van der Waals surface area contributed by atoms with Gasteiger partial charge < -0.3 is 21.1 Å². The number of carbonyl (C=O) groups excluding carboxylic acids is 1. The molecule has 0 aliphatic heterocycles. The predicted molar refractivity (Wildman–Crippen MR) is 86.4 cm³/mol. The first kappa shape index (κ1) is 15.9. The number of methoxy groups -OCH3 is 1. The van der Waals surface area contributed by atoms with Crippen molar-refractivity contribution in [3.63, 3.8) is 0 Å². The van der Waals surface area contributed by atoms with E-state index in [0.29, 0.717) is 19.6 Å². The van der Waals surface area contributed by atoms with Crippen molar-refractivity contribution < 1.29 is 9.53 Å². The van der Waals surface area contributed by atoms with E-state index in [0.717, 1.165) is 22.4 Å². The highest BCUT2D eigenvalue weighted by Gasteiger charge is 2.02. The summed E-state index contributed by atoms with van der Waals surface area (Å²) in [6.07, 6.45) is 0. The normalized spacial score (nSPS) is 10.1. The summed E-state index contributed by atoms with van der Waals surface area (Å²) in [7, 11) is 1.62. The first-order chi connectivity index (χ1) is 10.7. The van der Waals surface area contributed by atoms with Crippen LogP contribution in [0.2, 0.25) is 0 Å². The number of urea groups is 1. The molecule has 2 rings (SSSR count). The van der Waals surface area contributed by atoms with Gasteiger partial charge in [0.15, 0.2) is 0 Å². The molecule has 0 fully saturated rings. The van der Waals surface area contributed by atoms with E-state index < -0.39 is 0 Å². The molecule has 0 aromatic heterocycles. The highest BCUT2D eigenvalue weighted by Crippen LogP contribution is 2.12. The lowest BCUT2D eigenvalue weighted by Crippen LogP contribution is -2.34. The second kappa shape index (κ2) is 8.05. The van der Waals surface area contributed by atoms with Gasteiger partial charge in [0.25, 0.3) is 0 Å². The average Bonchev–Trinajstić information content (AvgIpc) is 2.58. The number of hydrogen-bond donors (Lipinski definition) is 3. The molecule has 2 amide bonds. The maximum absolute atomic E-state index is 11.8. The minimum absolute atomic E-state index is 0.207. The average molecular weight is 299 g/mol. The first-order valence-electron chi connectivity index (χ1n) is 7.14. The van der Waals surface area contributed by atoms with Crippen molar-refractivity contribution >= 4 is 6.03 Å². The number of benzene rings is 2. The fourth-order valence-electron chi connectivity index (χ4n) is 2.08. The molecule has 5 heteroatoms. The van der Waals surface area contributed by atoms with Crippen molar-refractivity contribution in [1.29, 1.82) is 0 Å². The molecule has 22 heavy (non-hydrogen) atoms. The van der Waals surface area contributed by atoms with Gasteiger partial charge in [-0.05, 0) is 28.8 Å². The molecular formula is C17H21N3O2. The lowest BCUT2D eigenvalue weighted by molar-refractivity contribution is 0.240. The van der Waals surface area contributed by atoms with Gasteiger partial charge in [-0.3, -0.25) is 0 Å². The summed E-state index contributed by atoms with van der Waals surface area (Å²) < 4.78 is 5.15. The van der Waals surface area contributed by atoms with Gasteiger partial charge in [0, 0.05) is 19.6 Å². The van der Waals surface area contributed by atoms with Crippen molar-refractivity contribution in [3.05, 3.63) is 65.2 Å². The number of amides is 2. The number of ether oxygens (including phenoxy) is 1. The van der Waals surface area contributed by atoms with E-state index >= 15 is 0 Å². The lowest BCUT2D eigenvalue weighted by Gasteiger charge is -2.09. The summed E-state index contributed by atoms with van der Waals surface area (Å²) in [5.41, 5.74) is 8.67. The molecule has 116 valence electrons. The van der Waals surface area contributed by atoms with Crippen molar-refractivity contribution in [3.8, 4) is 5.75 Å². The lowest BCUT2D eigenvalue weighted by atomic mass is 10.1. The van der Waals surface area contributed by atoms with Crippen LogP contribution < -0.4 is 21.1 Å². The van der Waals surface area contributed by atoms with E-state index in [2.05, 4.69) is 10.6 Å². The fourth-order valence-corrected chi connectivity index (χ4v) is 2.08. The van der Waals surface area contributed by atoms with Gasteiger partial charge in [0.2, 0.25) is 0 Å². The maximum Gasteiger partial charge on any atom is 0.315 e. The highest BCUT2D eigenvalue weighted by molar-refractivity contribution is 5.73. The minimum Gasteiger partial charge on any atom is -0.497 e. The molecule has 0 heterocycles. The molecule has 2 aromatic rings. The van der Waals surface area contributed by atoms with Crippen LogP contribution in [0.25, 0.3) is 0 Å². The van der Waals surface area contributed by atoms with Gasteiger partial charge in [-0.1, -0.05) is 36.4 Å². The van der Waals surface area contributed by atoms with Crippen LogP contribution in [0.5, 0.6) is 5.75 Å². The molecule has 0 aliphatic rings. The molecule has 0 spiro atoms. The largest absolute Gasteiger partial charge is 0.497 e. The van der Waals surface area contributed by atoms with E-state index in [1.54, 1.807) is 7.11 Å². The van der Waals surface area contributed by atoms with Crippen molar-refractivity contribution in [2.45, 2.75) is 19.6 Å². The summed E-state index contributed by atoms with van der Waals surface area (Å²) in [5, 5.41) is 5.65. The Morgan fingerprint density at radius 2 is 1.59 bits per heavy atom. The van der Waals surface area contributed by atoms with Gasteiger partial charge in [-0.15, -0.1) is 0 Å². The molecule has 4 N–H and O–H groups in total. The topological polar surface area (TPSA) is 76.4 Å². The summed E-state index contributed by atoms with van der Waals surface area (Å²) >= 11 is 0. The maximum atomic E-state index is 11.8. The number of carbonyl (C=O) groups is 1. The van der Waals surface area contributed by atoms with Crippen LogP contribution in [-0.4, -0.2) is 13.1 Å². The van der Waals surface area contributed by atoms with Crippen LogP contribution >= 0.6 is 0 Å². The molecule has 0 aliphatic carbocycles. The number of nitrogens with two attached hydrogens (primary N) is 1. The van der Waals surface area contributed by atoms with Gasteiger partial charge in [-0.2, -0.15) is 0 Å². The number of rotatable bonds is 6. The van der Waals surface area contributed by atoms with Crippen LogP contribution in [0.15, 0.2) is 48.5 Å². The molecular weight excluding hydrogens is 278 g/mol. The zero-order chi connectivity index (χ0) is 15.8. The number of nitrogens with one attached hydrogen (secondary N) is 2. The molecule has 0 saturated carbocycles. The SMILES string of the molecule is COc1cccc(CNC(=O)NCc2cccc(CN)c2)c1. The fraction of sp³-hybridized carbons (Fsp3) is 0.235. The van der Waals surface area contributed by atoms with Crippen LogP contribution in [0.3, 0.4) is 0 Å². The summed E-state index contributed by atoms with van der Waals surface area (Å²) in [5.74, 6) is 0.776. The molecule has 0 radical (unpaired) electrons. The minimum atomic E-state index is -0.207. The standard InChI is InChI=1S/C17H21N3O2/c1-22-16-7-3-6-15(9-16)12-20-17(21)19-11-14-5-2-4-13(8-14)10-18/h2-9H,10-12,18H2,1H3,(H2,19,20,21). The van der Waals surface area contributed by atoms with E-state index in [4.69, 9.17) is 10.5 Å². The Hall–Kier alpha value is -2.53. The Morgan fingerprint density at radius 1 is 1.00 bits per heavy atom. The van der Waals surface area contributed by atoms with Crippen molar-refractivity contribution in [2.75, 3.05) is 7.11 Å². The van der Waals surface area contributed by atoms with Crippen LogP contribution in [0, 0.1) is 0 Å². The Morgan fingerprint density at radius 3 is 2.23 bits per heavy atom. The summed E-state index contributed by atoms with van der Waals surface area (Å²) in [4.78, 5) is 11.8. The quantitative estimate of drug-likeness (QED) is 0.765. The smallest absolute Gasteiger partial charge is 0.315 e. The Kier molecular flexibility index (Phi) is 5.80. The second-order valence-corrected chi connectivity index (χ2v) is 4.91. The van der Waals surface area contributed by atoms with Crippen LogP contribution in [0.4, 0.5) is 4.79 Å². The zero-order valence-corrected chi connectivity index (χ0v) is 12.6. The van der Waals surface area contributed by atoms with E-state index in [1.165, 1.54) is 0 Å². The summed E-state index contributed by atoms with van der Waals surface area (Å²) in [6, 6.07) is 15.2. The van der Waals surface area contributed by atoms with Crippen molar-refractivity contribution in [2.24, 2.45) is 5.73 Å².